The van der Waals surface area contributed by atoms with E-state index in [-0.39, 0.29) is 5.12 Å². The van der Waals surface area contributed by atoms with E-state index in [1.165, 1.54) is 11.6 Å². The van der Waals surface area contributed by atoms with Gasteiger partial charge in [-0.15, -0.1) is 12.6 Å². The predicted octanol–water partition coefficient (Wildman–Crippen LogP) is 3.19. The van der Waals surface area contributed by atoms with E-state index in [2.05, 4.69) is 24.8 Å². The molecule has 1 rings (SSSR count). The monoisotopic (exact) mass is 218 g/mol. The molecule has 0 atom stereocenters. The largest absolute Gasteiger partial charge is 0.283 e. The second-order valence-corrected chi connectivity index (χ2v) is 3.59. The minimum atomic E-state index is -0.220. The fraction of sp³-hybridized carbons (Fsp3) is 0.154. The number of benzene rings is 1. The van der Waals surface area contributed by atoms with E-state index in [4.69, 9.17) is 0 Å². The van der Waals surface area contributed by atoms with Gasteiger partial charge in [0.1, 0.15) is 0 Å². The van der Waals surface area contributed by atoms with Crippen LogP contribution in [0.4, 0.5) is 0 Å². The van der Waals surface area contributed by atoms with Gasteiger partial charge in [0, 0.05) is 0 Å². The lowest BCUT2D eigenvalue weighted by Crippen LogP contribution is -1.80. The van der Waals surface area contributed by atoms with E-state index >= 15 is 0 Å². The Balaban J connectivity index is 2.25. The standard InChI is InChI=1S/C13H14OS/c14-13(15)11-7-2-1-4-8-12-9-5-3-6-10-12/h1-3,5-7,9-11H,4,8H2,(H,14,15)/b2-1+,11-7+. The summed E-state index contributed by atoms with van der Waals surface area (Å²) in [5.41, 5.74) is 1.33. The molecule has 0 aliphatic heterocycles. The van der Waals surface area contributed by atoms with E-state index in [0.717, 1.165) is 12.8 Å². The molecule has 0 bridgehead atoms. The smallest absolute Gasteiger partial charge is 0.209 e. The Morgan fingerprint density at radius 1 is 1.20 bits per heavy atom. The van der Waals surface area contributed by atoms with Crippen molar-refractivity contribution >= 4 is 17.7 Å². The summed E-state index contributed by atoms with van der Waals surface area (Å²) in [5.74, 6) is 0. The highest BCUT2D eigenvalue weighted by Gasteiger charge is 1.87. The highest BCUT2D eigenvalue weighted by molar-refractivity contribution is 7.97. The first-order valence-electron chi connectivity index (χ1n) is 4.89. The lowest BCUT2D eigenvalue weighted by molar-refractivity contribution is -0.106. The lowest BCUT2D eigenvalue weighted by Gasteiger charge is -1.95. The van der Waals surface area contributed by atoms with Crippen LogP contribution >= 0.6 is 12.6 Å². The summed E-state index contributed by atoms with van der Waals surface area (Å²) < 4.78 is 0. The van der Waals surface area contributed by atoms with Gasteiger partial charge in [0.05, 0.1) is 0 Å². The molecular formula is C13H14OS. The maximum atomic E-state index is 10.4. The van der Waals surface area contributed by atoms with Crippen molar-refractivity contribution in [3.8, 4) is 0 Å². The van der Waals surface area contributed by atoms with Crippen LogP contribution in [0.15, 0.2) is 54.6 Å². The first-order chi connectivity index (χ1) is 7.29. The normalized spacial score (nSPS) is 11.3. The quantitative estimate of drug-likeness (QED) is 0.456. The maximum Gasteiger partial charge on any atom is 0.209 e. The van der Waals surface area contributed by atoms with Crippen molar-refractivity contribution in [3.05, 3.63) is 60.2 Å². The number of hydrogen-bond acceptors (Lipinski definition) is 1. The molecule has 0 unspecified atom stereocenters. The van der Waals surface area contributed by atoms with E-state index in [0.29, 0.717) is 0 Å². The van der Waals surface area contributed by atoms with Crippen LogP contribution in [0.5, 0.6) is 0 Å². The summed E-state index contributed by atoms with van der Waals surface area (Å²) in [6.07, 6.45) is 9.06. The zero-order valence-corrected chi connectivity index (χ0v) is 9.36. The molecule has 1 aromatic rings. The van der Waals surface area contributed by atoms with Gasteiger partial charge in [0.25, 0.3) is 0 Å². The molecule has 0 fully saturated rings. The molecule has 0 radical (unpaired) electrons. The summed E-state index contributed by atoms with van der Waals surface area (Å²) in [4.78, 5) is 10.4. The topological polar surface area (TPSA) is 17.1 Å². The van der Waals surface area contributed by atoms with Crippen LogP contribution in [0.2, 0.25) is 0 Å². The van der Waals surface area contributed by atoms with Gasteiger partial charge in [-0.3, -0.25) is 4.79 Å². The summed E-state index contributed by atoms with van der Waals surface area (Å²) in [7, 11) is 0. The molecule has 0 spiro atoms. The van der Waals surface area contributed by atoms with Crippen LogP contribution in [0.3, 0.4) is 0 Å². The number of thiol groups is 1. The van der Waals surface area contributed by atoms with Crippen molar-refractivity contribution in [3.63, 3.8) is 0 Å². The molecule has 2 heteroatoms. The first-order valence-corrected chi connectivity index (χ1v) is 5.34. The predicted molar refractivity (Wildman–Crippen MR) is 67.0 cm³/mol. The zero-order valence-electron chi connectivity index (χ0n) is 8.47. The number of allylic oxidation sites excluding steroid dienone is 3. The molecule has 0 heterocycles. The Morgan fingerprint density at radius 3 is 2.60 bits per heavy atom. The average Bonchev–Trinajstić information content (AvgIpc) is 2.24. The van der Waals surface area contributed by atoms with Gasteiger partial charge in [-0.25, -0.2) is 0 Å². The third kappa shape index (κ3) is 5.92. The molecule has 15 heavy (non-hydrogen) atoms. The van der Waals surface area contributed by atoms with E-state index in [9.17, 15) is 4.79 Å². The van der Waals surface area contributed by atoms with Crippen molar-refractivity contribution in [1.29, 1.82) is 0 Å². The molecule has 78 valence electrons. The van der Waals surface area contributed by atoms with Crippen LogP contribution in [0.1, 0.15) is 12.0 Å². The molecule has 1 nitrogen and oxygen atoms in total. The van der Waals surface area contributed by atoms with Gasteiger partial charge in [-0.05, 0) is 24.5 Å². The van der Waals surface area contributed by atoms with Gasteiger partial charge >= 0.3 is 0 Å². The highest BCUT2D eigenvalue weighted by atomic mass is 32.1. The SMILES string of the molecule is O=C(S)/C=C/C=C/CCc1ccccc1. The highest BCUT2D eigenvalue weighted by Crippen LogP contribution is 2.02. The summed E-state index contributed by atoms with van der Waals surface area (Å²) >= 11 is 3.62. The van der Waals surface area contributed by atoms with Crippen molar-refractivity contribution < 1.29 is 4.79 Å². The average molecular weight is 218 g/mol. The number of rotatable bonds is 5. The fourth-order valence-electron chi connectivity index (χ4n) is 1.21. The number of aryl methyl sites for hydroxylation is 1. The molecule has 0 saturated heterocycles. The van der Waals surface area contributed by atoms with Gasteiger partial charge in [-0.2, -0.15) is 0 Å². The molecular weight excluding hydrogens is 204 g/mol. The third-order valence-electron chi connectivity index (χ3n) is 1.93. The molecule has 0 aliphatic rings. The summed E-state index contributed by atoms with van der Waals surface area (Å²) in [6, 6.07) is 10.3. The van der Waals surface area contributed by atoms with Crippen LogP contribution < -0.4 is 0 Å². The Morgan fingerprint density at radius 2 is 1.93 bits per heavy atom. The van der Waals surface area contributed by atoms with Crippen molar-refractivity contribution in [1.82, 2.24) is 0 Å². The molecule has 0 aromatic heterocycles. The number of carbonyl (C=O) groups is 1. The Bertz CT molecular complexity index is 352. The van der Waals surface area contributed by atoms with Gasteiger partial charge in [0.15, 0.2) is 0 Å². The number of carbonyl (C=O) groups excluding carboxylic acids is 1. The van der Waals surface area contributed by atoms with Gasteiger partial charge in [0.2, 0.25) is 5.12 Å². The molecule has 0 N–H and O–H groups in total. The van der Waals surface area contributed by atoms with Crippen molar-refractivity contribution in [2.24, 2.45) is 0 Å². The summed E-state index contributed by atoms with van der Waals surface area (Å²) in [6.45, 7) is 0. The molecule has 1 aromatic carbocycles. The van der Waals surface area contributed by atoms with Crippen LogP contribution in [0, 0.1) is 0 Å². The maximum absolute atomic E-state index is 10.4. The van der Waals surface area contributed by atoms with Gasteiger partial charge < -0.3 is 0 Å². The van der Waals surface area contributed by atoms with E-state index in [1.807, 2.05) is 30.4 Å². The second-order valence-electron chi connectivity index (χ2n) is 3.15. The van der Waals surface area contributed by atoms with E-state index in [1.54, 1.807) is 6.08 Å². The molecule has 0 saturated carbocycles. The van der Waals surface area contributed by atoms with Crippen molar-refractivity contribution in [2.45, 2.75) is 12.8 Å². The van der Waals surface area contributed by atoms with Crippen LogP contribution in [-0.4, -0.2) is 5.12 Å². The Kier molecular flexibility index (Phi) is 5.56. The van der Waals surface area contributed by atoms with E-state index < -0.39 is 0 Å². The molecule has 0 amide bonds. The third-order valence-corrected chi connectivity index (χ3v) is 2.08. The van der Waals surface area contributed by atoms with Crippen LogP contribution in [-0.2, 0) is 11.2 Å². The minimum absolute atomic E-state index is 0.220. The zero-order chi connectivity index (χ0) is 10.9. The Hall–Kier alpha value is -1.28. The first kappa shape index (κ1) is 11.8. The summed E-state index contributed by atoms with van der Waals surface area (Å²) in [5, 5.41) is -0.220. The number of hydrogen-bond donors (Lipinski definition) is 1. The Labute approximate surface area is 95.9 Å². The molecule has 0 aliphatic carbocycles. The fourth-order valence-corrected chi connectivity index (χ4v) is 1.29. The minimum Gasteiger partial charge on any atom is -0.283 e. The van der Waals surface area contributed by atoms with Gasteiger partial charge in [-0.1, -0.05) is 48.6 Å². The lowest BCUT2D eigenvalue weighted by atomic mass is 10.1. The van der Waals surface area contributed by atoms with Crippen LogP contribution in [0.25, 0.3) is 0 Å². The second kappa shape index (κ2) is 7.07. The van der Waals surface area contributed by atoms with Crippen molar-refractivity contribution in [2.75, 3.05) is 0 Å².